The highest BCUT2D eigenvalue weighted by molar-refractivity contribution is 7.99. The lowest BCUT2D eigenvalue weighted by Gasteiger charge is -2.11. The topological polar surface area (TPSA) is 97.8 Å². The van der Waals surface area contributed by atoms with Crippen molar-refractivity contribution in [2.75, 3.05) is 12.3 Å². The minimum atomic E-state index is -0.358. The molecule has 0 aliphatic carbocycles. The Morgan fingerprint density at radius 1 is 1.29 bits per heavy atom. The number of pyridine rings is 1. The van der Waals surface area contributed by atoms with Gasteiger partial charge in [0.1, 0.15) is 16.3 Å². The quantitative estimate of drug-likeness (QED) is 0.402. The van der Waals surface area contributed by atoms with Crippen molar-refractivity contribution in [3.8, 4) is 0 Å². The number of aliphatic hydroxyl groups excluding tert-OH is 1. The molecule has 0 saturated heterocycles. The molecular weight excluding hydrogens is 421 g/mol. The molecule has 0 aliphatic heterocycles. The lowest BCUT2D eigenvalue weighted by atomic mass is 10.1. The number of fused-ring (bicyclic) bond motifs is 1. The number of rotatable bonds is 6. The molecule has 0 aromatic carbocycles. The van der Waals surface area contributed by atoms with Gasteiger partial charge in [-0.2, -0.15) is 0 Å². The van der Waals surface area contributed by atoms with Crippen LogP contribution in [0.2, 0.25) is 4.47 Å². The molecule has 0 aliphatic rings. The summed E-state index contributed by atoms with van der Waals surface area (Å²) in [4.78, 5) is 16.3. The molecule has 3 aromatic heterocycles. The van der Waals surface area contributed by atoms with Crippen molar-refractivity contribution in [2.45, 2.75) is 44.0 Å². The van der Waals surface area contributed by atoms with Crippen LogP contribution in [-0.2, 0) is 0 Å². The first-order valence-electron chi connectivity index (χ1n) is 8.78. The van der Waals surface area contributed by atoms with E-state index in [0.717, 1.165) is 18.8 Å². The summed E-state index contributed by atoms with van der Waals surface area (Å²) in [6.45, 7) is 6.53. The average Bonchev–Trinajstić information content (AvgIpc) is 3.01. The van der Waals surface area contributed by atoms with Gasteiger partial charge < -0.3 is 10.8 Å². The third-order valence-corrected chi connectivity index (χ3v) is 5.87. The highest BCUT2D eigenvalue weighted by Crippen LogP contribution is 2.36. The highest BCUT2D eigenvalue weighted by Gasteiger charge is 2.16. The Morgan fingerprint density at radius 2 is 2.04 bits per heavy atom. The first-order chi connectivity index (χ1) is 13.3. The second-order valence-corrected chi connectivity index (χ2v) is 9.32. The third-order valence-electron chi connectivity index (χ3n) is 3.70. The Bertz CT molecular complexity index is 909. The zero-order valence-electron chi connectivity index (χ0n) is 15.9. The fourth-order valence-corrected chi connectivity index (χ4v) is 4.16. The predicted molar refractivity (Wildman–Crippen MR) is 114 cm³/mol. The maximum atomic E-state index is 13.7. The van der Waals surface area contributed by atoms with Gasteiger partial charge in [0.05, 0.1) is 6.20 Å². The molecule has 152 valence electrons. The van der Waals surface area contributed by atoms with Crippen LogP contribution in [0, 0.1) is 11.7 Å². The van der Waals surface area contributed by atoms with Crippen molar-refractivity contribution in [1.82, 2.24) is 19.9 Å². The van der Waals surface area contributed by atoms with Crippen LogP contribution in [0.1, 0.15) is 44.4 Å². The van der Waals surface area contributed by atoms with E-state index in [4.69, 9.17) is 22.4 Å². The summed E-state index contributed by atoms with van der Waals surface area (Å²) in [6.07, 6.45) is 4.84. The Morgan fingerprint density at radius 3 is 2.64 bits per heavy atom. The molecule has 0 radical (unpaired) electrons. The normalized spacial score (nSPS) is 12.1. The molecule has 6 nitrogen and oxygen atoms in total. The third kappa shape index (κ3) is 6.51. The second kappa shape index (κ2) is 10.8. The molecule has 0 fully saturated rings. The van der Waals surface area contributed by atoms with Crippen LogP contribution >= 0.6 is 34.7 Å². The number of nitrogens with two attached hydrogens (primary N) is 1. The van der Waals surface area contributed by atoms with Crippen LogP contribution in [0.25, 0.3) is 10.3 Å². The summed E-state index contributed by atoms with van der Waals surface area (Å²) in [5.74, 6) is 0.713. The summed E-state index contributed by atoms with van der Waals surface area (Å²) in [5, 5.41) is 8.57. The molecule has 1 unspecified atom stereocenters. The van der Waals surface area contributed by atoms with Crippen molar-refractivity contribution in [1.29, 1.82) is 0 Å². The number of hydrogen-bond donors (Lipinski definition) is 2. The van der Waals surface area contributed by atoms with Gasteiger partial charge in [-0.15, -0.1) is 0 Å². The molecule has 3 heterocycles. The van der Waals surface area contributed by atoms with Gasteiger partial charge in [0.25, 0.3) is 0 Å². The van der Waals surface area contributed by atoms with E-state index in [1.165, 1.54) is 29.3 Å². The van der Waals surface area contributed by atoms with Crippen LogP contribution in [0.4, 0.5) is 10.2 Å². The maximum Gasteiger partial charge on any atom is 0.192 e. The molecule has 10 heteroatoms. The van der Waals surface area contributed by atoms with Gasteiger partial charge >= 0.3 is 0 Å². The molecule has 3 aromatic rings. The van der Waals surface area contributed by atoms with E-state index in [0.29, 0.717) is 38.0 Å². The summed E-state index contributed by atoms with van der Waals surface area (Å²) in [5.41, 5.74) is 6.87. The maximum absolute atomic E-state index is 13.7. The number of nitrogens with zero attached hydrogens (tertiary/aromatic N) is 4. The van der Waals surface area contributed by atoms with Crippen molar-refractivity contribution >= 4 is 50.9 Å². The molecule has 0 amide bonds. The van der Waals surface area contributed by atoms with Crippen molar-refractivity contribution < 1.29 is 9.50 Å². The molecular formula is C18H23ClFN5OS2. The molecule has 3 N–H and O–H groups in total. The largest absolute Gasteiger partial charge is 0.396 e. The monoisotopic (exact) mass is 443 g/mol. The molecule has 3 rings (SSSR count). The van der Waals surface area contributed by atoms with Crippen LogP contribution in [0.3, 0.4) is 0 Å². The van der Waals surface area contributed by atoms with E-state index < -0.39 is 0 Å². The first kappa shape index (κ1) is 22.7. The van der Waals surface area contributed by atoms with Crippen molar-refractivity contribution in [3.63, 3.8) is 0 Å². The zero-order chi connectivity index (χ0) is 20.7. The second-order valence-electron chi connectivity index (χ2n) is 6.43. The van der Waals surface area contributed by atoms with Gasteiger partial charge in [-0.1, -0.05) is 48.5 Å². The fraction of sp³-hybridized carbons (Fsp3) is 0.444. The number of anilines is 1. The lowest BCUT2D eigenvalue weighted by Crippen LogP contribution is -1.99. The number of halogens is 2. The van der Waals surface area contributed by atoms with Gasteiger partial charge in [0.2, 0.25) is 0 Å². The highest BCUT2D eigenvalue weighted by atomic mass is 35.5. The molecule has 28 heavy (non-hydrogen) atoms. The molecule has 1 atom stereocenters. The van der Waals surface area contributed by atoms with Gasteiger partial charge in [0.15, 0.2) is 15.3 Å². The van der Waals surface area contributed by atoms with Gasteiger partial charge in [-0.3, -0.25) is 4.98 Å². The molecule has 0 spiro atoms. The lowest BCUT2D eigenvalue weighted by molar-refractivity contribution is 0.276. The number of nitrogen functional groups attached to an aromatic ring is 1. The number of aliphatic hydroxyl groups is 1. The predicted octanol–water partition coefficient (Wildman–Crippen LogP) is 5.12. The minimum Gasteiger partial charge on any atom is -0.396 e. The van der Waals surface area contributed by atoms with Crippen molar-refractivity contribution in [2.24, 2.45) is 5.92 Å². The van der Waals surface area contributed by atoms with E-state index in [1.54, 1.807) is 12.3 Å². The Hall–Kier alpha value is -1.55. The zero-order valence-corrected chi connectivity index (χ0v) is 18.3. The van der Waals surface area contributed by atoms with E-state index in [-0.39, 0.29) is 11.1 Å². The smallest absolute Gasteiger partial charge is 0.192 e. The van der Waals surface area contributed by atoms with Crippen molar-refractivity contribution in [3.05, 3.63) is 34.3 Å². The van der Waals surface area contributed by atoms with E-state index >= 15 is 0 Å². The Kier molecular flexibility index (Phi) is 8.81. The Balaban J connectivity index is 0.000000345. The van der Waals surface area contributed by atoms with Crippen LogP contribution in [0.5, 0.6) is 0 Å². The summed E-state index contributed by atoms with van der Waals surface area (Å²) < 4.78 is 14.7. The summed E-state index contributed by atoms with van der Waals surface area (Å²) in [7, 11) is 0. The van der Waals surface area contributed by atoms with Gasteiger partial charge in [-0.25, -0.2) is 19.3 Å². The van der Waals surface area contributed by atoms with Gasteiger partial charge in [-0.05, 0) is 31.7 Å². The van der Waals surface area contributed by atoms with Crippen LogP contribution in [0.15, 0.2) is 23.6 Å². The van der Waals surface area contributed by atoms with E-state index in [1.807, 2.05) is 6.92 Å². The fourth-order valence-electron chi connectivity index (χ4n) is 2.29. The SMILES string of the molecule is CC(C)CCCO.CC(Sc1nc(N)c2sc(Cl)nc2n1)c1ccncc1F. The van der Waals surface area contributed by atoms with E-state index in [2.05, 4.69) is 33.8 Å². The number of hydrogen-bond acceptors (Lipinski definition) is 8. The first-order valence-corrected chi connectivity index (χ1v) is 10.9. The average molecular weight is 444 g/mol. The number of thiazole rings is 1. The standard InChI is InChI=1S/C12H9ClFN5S2.C6H14O/c1-5(6-2-3-16-4-7(6)14)20-12-17-9(15)8-10(19-12)18-11(13)21-8;1-6(2)4-3-5-7/h2-5H,1H3,(H2,15,17,19);6-7H,3-5H2,1-2H3. The van der Waals surface area contributed by atoms with E-state index in [9.17, 15) is 4.39 Å². The summed E-state index contributed by atoms with van der Waals surface area (Å²) in [6, 6.07) is 1.63. The Labute approximate surface area is 176 Å². The minimum absolute atomic E-state index is 0.182. The number of thioether (sulfide) groups is 1. The molecule has 0 saturated carbocycles. The molecule has 0 bridgehead atoms. The van der Waals surface area contributed by atoms with Crippen LogP contribution < -0.4 is 5.73 Å². The summed E-state index contributed by atoms with van der Waals surface area (Å²) >= 11 is 8.38. The van der Waals surface area contributed by atoms with Crippen LogP contribution in [-0.4, -0.2) is 31.6 Å². The van der Waals surface area contributed by atoms with Gasteiger partial charge in [0, 0.05) is 23.6 Å². The number of aromatic nitrogens is 4.